The van der Waals surface area contributed by atoms with Gasteiger partial charge in [0, 0.05) is 18.6 Å². The standard InChI is InChI=1S/C16H34N2/c1-6-11-17-15(16(3,4)5)13-18-12-9-8-10-14(18)7-2/h14-15,17H,6-13H2,1-5H3. The zero-order chi connectivity index (χ0) is 13.6. The van der Waals surface area contributed by atoms with E-state index in [1.165, 1.54) is 45.2 Å². The van der Waals surface area contributed by atoms with Gasteiger partial charge in [0.1, 0.15) is 0 Å². The first kappa shape index (κ1) is 16.0. The molecule has 1 aliphatic rings. The molecule has 0 bridgehead atoms. The van der Waals surface area contributed by atoms with Gasteiger partial charge in [0.25, 0.3) is 0 Å². The lowest BCUT2D eigenvalue weighted by atomic mass is 9.85. The summed E-state index contributed by atoms with van der Waals surface area (Å²) in [5.74, 6) is 0. The maximum absolute atomic E-state index is 3.76. The Labute approximate surface area is 115 Å². The van der Waals surface area contributed by atoms with Crippen LogP contribution < -0.4 is 5.32 Å². The number of hydrogen-bond acceptors (Lipinski definition) is 2. The Hall–Kier alpha value is -0.0800. The molecule has 18 heavy (non-hydrogen) atoms. The first-order valence-corrected chi connectivity index (χ1v) is 7.96. The van der Waals surface area contributed by atoms with Crippen LogP contribution in [0.2, 0.25) is 0 Å². The second-order valence-corrected chi connectivity index (χ2v) is 6.93. The molecule has 1 heterocycles. The van der Waals surface area contributed by atoms with Crippen molar-refractivity contribution in [2.75, 3.05) is 19.6 Å². The van der Waals surface area contributed by atoms with E-state index in [1.54, 1.807) is 0 Å². The highest BCUT2D eigenvalue weighted by Gasteiger charge is 2.29. The second-order valence-electron chi connectivity index (χ2n) is 6.93. The van der Waals surface area contributed by atoms with E-state index in [4.69, 9.17) is 0 Å². The highest BCUT2D eigenvalue weighted by molar-refractivity contribution is 4.86. The minimum atomic E-state index is 0.352. The van der Waals surface area contributed by atoms with Gasteiger partial charge in [-0.3, -0.25) is 4.90 Å². The zero-order valence-corrected chi connectivity index (χ0v) is 13.3. The van der Waals surface area contributed by atoms with Crippen LogP contribution in [0, 0.1) is 5.41 Å². The molecule has 2 unspecified atom stereocenters. The number of piperidine rings is 1. The first-order chi connectivity index (χ1) is 8.49. The smallest absolute Gasteiger partial charge is 0.0243 e. The Kier molecular flexibility index (Phi) is 6.65. The summed E-state index contributed by atoms with van der Waals surface area (Å²) in [6, 6.07) is 1.44. The van der Waals surface area contributed by atoms with E-state index < -0.39 is 0 Å². The quantitative estimate of drug-likeness (QED) is 0.778. The summed E-state index contributed by atoms with van der Waals surface area (Å²) in [5.41, 5.74) is 0.352. The van der Waals surface area contributed by atoms with Crippen LogP contribution in [0.25, 0.3) is 0 Å². The van der Waals surface area contributed by atoms with Crippen molar-refractivity contribution >= 4 is 0 Å². The summed E-state index contributed by atoms with van der Waals surface area (Å²) in [7, 11) is 0. The van der Waals surface area contributed by atoms with Crippen LogP contribution in [0.4, 0.5) is 0 Å². The van der Waals surface area contributed by atoms with E-state index in [9.17, 15) is 0 Å². The van der Waals surface area contributed by atoms with Crippen molar-refractivity contribution in [3.8, 4) is 0 Å². The van der Waals surface area contributed by atoms with Crippen molar-refractivity contribution in [2.24, 2.45) is 5.41 Å². The maximum atomic E-state index is 3.76. The topological polar surface area (TPSA) is 15.3 Å². The Morgan fingerprint density at radius 1 is 1.22 bits per heavy atom. The third-order valence-electron chi connectivity index (χ3n) is 4.32. The number of nitrogens with one attached hydrogen (secondary N) is 1. The lowest BCUT2D eigenvalue weighted by molar-refractivity contribution is 0.101. The Balaban J connectivity index is 2.57. The van der Waals surface area contributed by atoms with Crippen LogP contribution in [0.1, 0.15) is 66.7 Å². The predicted octanol–water partition coefficient (Wildman–Crippen LogP) is 3.67. The van der Waals surface area contributed by atoms with Crippen molar-refractivity contribution in [3.63, 3.8) is 0 Å². The van der Waals surface area contributed by atoms with Gasteiger partial charge in [-0.25, -0.2) is 0 Å². The van der Waals surface area contributed by atoms with Gasteiger partial charge in [0.05, 0.1) is 0 Å². The number of rotatable bonds is 6. The van der Waals surface area contributed by atoms with E-state index in [-0.39, 0.29) is 0 Å². The molecule has 1 fully saturated rings. The molecule has 1 aliphatic heterocycles. The van der Waals surface area contributed by atoms with E-state index in [2.05, 4.69) is 44.8 Å². The van der Waals surface area contributed by atoms with E-state index >= 15 is 0 Å². The fourth-order valence-electron chi connectivity index (χ4n) is 2.96. The molecular weight excluding hydrogens is 220 g/mol. The molecule has 0 radical (unpaired) electrons. The number of likely N-dealkylation sites (tertiary alicyclic amines) is 1. The molecular formula is C16H34N2. The van der Waals surface area contributed by atoms with E-state index in [0.717, 1.165) is 12.6 Å². The van der Waals surface area contributed by atoms with Crippen LogP contribution in [0.15, 0.2) is 0 Å². The van der Waals surface area contributed by atoms with Gasteiger partial charge in [0.15, 0.2) is 0 Å². The zero-order valence-electron chi connectivity index (χ0n) is 13.3. The Bertz CT molecular complexity index is 220. The SMILES string of the molecule is CCCNC(CN1CCCCC1CC)C(C)(C)C. The molecule has 0 saturated carbocycles. The van der Waals surface area contributed by atoms with Crippen molar-refractivity contribution in [2.45, 2.75) is 78.8 Å². The summed E-state index contributed by atoms with van der Waals surface area (Å²) < 4.78 is 0. The Morgan fingerprint density at radius 3 is 2.50 bits per heavy atom. The van der Waals surface area contributed by atoms with Crippen LogP contribution in [0.5, 0.6) is 0 Å². The normalized spacial score (nSPS) is 24.2. The van der Waals surface area contributed by atoms with Gasteiger partial charge in [-0.15, -0.1) is 0 Å². The lowest BCUT2D eigenvalue weighted by Crippen LogP contribution is -2.52. The van der Waals surface area contributed by atoms with Crippen LogP contribution in [0.3, 0.4) is 0 Å². The highest BCUT2D eigenvalue weighted by Crippen LogP contribution is 2.25. The van der Waals surface area contributed by atoms with Gasteiger partial charge in [-0.2, -0.15) is 0 Å². The van der Waals surface area contributed by atoms with Gasteiger partial charge >= 0.3 is 0 Å². The molecule has 108 valence electrons. The molecule has 0 aliphatic carbocycles. The molecule has 0 amide bonds. The lowest BCUT2D eigenvalue weighted by Gasteiger charge is -2.41. The van der Waals surface area contributed by atoms with Crippen LogP contribution in [-0.4, -0.2) is 36.6 Å². The molecule has 0 aromatic rings. The van der Waals surface area contributed by atoms with Crippen molar-refractivity contribution in [1.82, 2.24) is 10.2 Å². The number of hydrogen-bond donors (Lipinski definition) is 1. The monoisotopic (exact) mass is 254 g/mol. The molecule has 0 spiro atoms. The van der Waals surface area contributed by atoms with E-state index in [0.29, 0.717) is 11.5 Å². The summed E-state index contributed by atoms with van der Waals surface area (Å²) in [4.78, 5) is 2.74. The number of nitrogens with zero attached hydrogens (tertiary/aromatic N) is 1. The average Bonchev–Trinajstić information content (AvgIpc) is 2.33. The Morgan fingerprint density at radius 2 is 1.94 bits per heavy atom. The maximum Gasteiger partial charge on any atom is 0.0243 e. The summed E-state index contributed by atoms with van der Waals surface area (Å²) >= 11 is 0. The van der Waals surface area contributed by atoms with Crippen LogP contribution >= 0.6 is 0 Å². The summed E-state index contributed by atoms with van der Waals surface area (Å²) in [5, 5.41) is 3.76. The minimum absolute atomic E-state index is 0.352. The molecule has 1 rings (SSSR count). The van der Waals surface area contributed by atoms with Crippen molar-refractivity contribution in [1.29, 1.82) is 0 Å². The average molecular weight is 254 g/mol. The molecule has 1 N–H and O–H groups in total. The van der Waals surface area contributed by atoms with Crippen molar-refractivity contribution in [3.05, 3.63) is 0 Å². The van der Waals surface area contributed by atoms with E-state index in [1.807, 2.05) is 0 Å². The minimum Gasteiger partial charge on any atom is -0.312 e. The van der Waals surface area contributed by atoms with Crippen molar-refractivity contribution < 1.29 is 0 Å². The molecule has 1 saturated heterocycles. The molecule has 2 atom stereocenters. The predicted molar refractivity (Wildman–Crippen MR) is 81.0 cm³/mol. The van der Waals surface area contributed by atoms with Gasteiger partial charge in [-0.05, 0) is 44.2 Å². The molecule has 2 nitrogen and oxygen atoms in total. The van der Waals surface area contributed by atoms with Crippen LogP contribution in [-0.2, 0) is 0 Å². The molecule has 0 aromatic heterocycles. The van der Waals surface area contributed by atoms with Gasteiger partial charge < -0.3 is 5.32 Å². The van der Waals surface area contributed by atoms with Gasteiger partial charge in [-0.1, -0.05) is 41.0 Å². The third-order valence-corrected chi connectivity index (χ3v) is 4.32. The second kappa shape index (κ2) is 7.49. The molecule has 2 heteroatoms. The first-order valence-electron chi connectivity index (χ1n) is 7.96. The highest BCUT2D eigenvalue weighted by atomic mass is 15.2. The third kappa shape index (κ3) is 4.89. The van der Waals surface area contributed by atoms with Gasteiger partial charge in [0.2, 0.25) is 0 Å². The molecule has 0 aromatic carbocycles. The largest absolute Gasteiger partial charge is 0.312 e. The fourth-order valence-corrected chi connectivity index (χ4v) is 2.96. The summed E-state index contributed by atoms with van der Waals surface area (Å²) in [6.07, 6.45) is 6.76. The summed E-state index contributed by atoms with van der Waals surface area (Å²) in [6.45, 7) is 15.4. The fraction of sp³-hybridized carbons (Fsp3) is 1.00.